The fourth-order valence-corrected chi connectivity index (χ4v) is 3.58. The molecule has 3 aromatic rings. The van der Waals surface area contributed by atoms with E-state index in [-0.39, 0.29) is 0 Å². The highest BCUT2D eigenvalue weighted by Crippen LogP contribution is 2.28. The van der Waals surface area contributed by atoms with Gasteiger partial charge in [-0.1, -0.05) is 42.5 Å². The van der Waals surface area contributed by atoms with Gasteiger partial charge in [0, 0.05) is 42.8 Å². The maximum Gasteiger partial charge on any atom is 0.352 e. The zero-order valence-electron chi connectivity index (χ0n) is 16.6. The second kappa shape index (κ2) is 9.53. The highest BCUT2D eigenvalue weighted by atomic mass is 16.5. The lowest BCUT2D eigenvalue weighted by Gasteiger charge is -2.12. The van der Waals surface area contributed by atoms with Crippen molar-refractivity contribution in [3.63, 3.8) is 0 Å². The summed E-state index contributed by atoms with van der Waals surface area (Å²) >= 11 is 0. The number of aromatic carboxylic acids is 1. The number of ether oxygens (including phenoxy) is 1. The number of benzene rings is 2. The molecule has 1 aromatic heterocycles. The van der Waals surface area contributed by atoms with Crippen LogP contribution in [0.15, 0.2) is 48.5 Å². The summed E-state index contributed by atoms with van der Waals surface area (Å²) in [4.78, 5) is 12.2. The molecule has 2 N–H and O–H groups in total. The van der Waals surface area contributed by atoms with Gasteiger partial charge in [0.15, 0.2) is 0 Å². The minimum absolute atomic E-state index is 0.363. The number of carboxylic acid groups (broad SMARTS) is 1. The molecule has 0 spiro atoms. The standard InChI is InChI=1S/C23H28N2O3/c1-3-28-14-8-13-24-15-20-19-11-6-7-12-21(19)25(22(20)23(26)27)16-18-10-5-4-9-17(18)2/h4-7,9-12,24H,3,8,13-16H2,1-2H3,(H,26,27). The maximum atomic E-state index is 12.2. The van der Waals surface area contributed by atoms with E-state index in [2.05, 4.69) is 24.4 Å². The minimum atomic E-state index is -0.893. The molecule has 1 heterocycles. The fraction of sp³-hybridized carbons (Fsp3) is 0.348. The molecule has 0 atom stereocenters. The number of rotatable bonds is 10. The van der Waals surface area contributed by atoms with E-state index in [0.29, 0.717) is 25.4 Å². The van der Waals surface area contributed by atoms with Crippen LogP contribution in [0.25, 0.3) is 10.9 Å². The molecule has 3 rings (SSSR count). The van der Waals surface area contributed by atoms with Crippen molar-refractivity contribution in [2.75, 3.05) is 19.8 Å². The predicted octanol–water partition coefficient (Wildman–Crippen LogP) is 4.21. The van der Waals surface area contributed by atoms with E-state index in [0.717, 1.165) is 47.2 Å². The normalized spacial score (nSPS) is 11.2. The molecule has 0 fully saturated rings. The number of carboxylic acids is 1. The maximum absolute atomic E-state index is 12.2. The number of aromatic nitrogens is 1. The van der Waals surface area contributed by atoms with Crippen LogP contribution in [0.3, 0.4) is 0 Å². The van der Waals surface area contributed by atoms with Gasteiger partial charge in [-0.25, -0.2) is 4.79 Å². The van der Waals surface area contributed by atoms with Gasteiger partial charge in [0.05, 0.1) is 0 Å². The monoisotopic (exact) mass is 380 g/mol. The number of carbonyl (C=O) groups is 1. The Balaban J connectivity index is 1.93. The first-order chi connectivity index (χ1) is 13.6. The molecule has 0 saturated carbocycles. The van der Waals surface area contributed by atoms with E-state index in [1.165, 1.54) is 0 Å². The van der Waals surface area contributed by atoms with E-state index in [4.69, 9.17) is 4.74 Å². The average molecular weight is 380 g/mol. The molecule has 0 amide bonds. The highest BCUT2D eigenvalue weighted by Gasteiger charge is 2.22. The summed E-state index contributed by atoms with van der Waals surface area (Å²) in [7, 11) is 0. The Bertz CT molecular complexity index is 946. The van der Waals surface area contributed by atoms with E-state index in [1.54, 1.807) is 0 Å². The zero-order chi connectivity index (χ0) is 19.9. The SMILES string of the molecule is CCOCCCNCc1c(C(=O)O)n(Cc2ccccc2C)c2ccccc12. The molecular weight excluding hydrogens is 352 g/mol. The van der Waals surface area contributed by atoms with Crippen molar-refractivity contribution in [3.8, 4) is 0 Å². The molecule has 0 radical (unpaired) electrons. The van der Waals surface area contributed by atoms with Crippen molar-refractivity contribution in [3.05, 3.63) is 70.9 Å². The molecule has 0 bridgehead atoms. The predicted molar refractivity (Wildman–Crippen MR) is 112 cm³/mol. The first-order valence-corrected chi connectivity index (χ1v) is 9.79. The molecular formula is C23H28N2O3. The van der Waals surface area contributed by atoms with Gasteiger partial charge in [0.25, 0.3) is 0 Å². The summed E-state index contributed by atoms with van der Waals surface area (Å²) in [6, 6.07) is 16.0. The second-order valence-electron chi connectivity index (χ2n) is 6.89. The van der Waals surface area contributed by atoms with Gasteiger partial charge in [0.2, 0.25) is 0 Å². The third-order valence-electron chi connectivity index (χ3n) is 5.02. The van der Waals surface area contributed by atoms with Gasteiger partial charge in [-0.05, 0) is 44.0 Å². The van der Waals surface area contributed by atoms with E-state index in [1.807, 2.05) is 47.9 Å². The Morgan fingerprint density at radius 2 is 1.89 bits per heavy atom. The van der Waals surface area contributed by atoms with E-state index in [9.17, 15) is 9.90 Å². The quantitative estimate of drug-likeness (QED) is 0.517. The van der Waals surface area contributed by atoms with Crippen LogP contribution in [-0.2, 0) is 17.8 Å². The van der Waals surface area contributed by atoms with E-state index >= 15 is 0 Å². The van der Waals surface area contributed by atoms with Gasteiger partial charge in [-0.15, -0.1) is 0 Å². The summed E-state index contributed by atoms with van der Waals surface area (Å²) in [5, 5.41) is 14.4. The molecule has 0 aliphatic heterocycles. The number of fused-ring (bicyclic) bond motifs is 1. The second-order valence-corrected chi connectivity index (χ2v) is 6.89. The Labute approximate surface area is 165 Å². The molecule has 0 aliphatic carbocycles. The van der Waals surface area contributed by atoms with Crippen molar-refractivity contribution in [2.45, 2.75) is 33.4 Å². The molecule has 2 aromatic carbocycles. The van der Waals surface area contributed by atoms with Gasteiger partial charge in [-0.3, -0.25) is 0 Å². The summed E-state index contributed by atoms with van der Waals surface area (Å²) in [5.41, 5.74) is 4.44. The lowest BCUT2D eigenvalue weighted by molar-refractivity contribution is 0.0684. The summed E-state index contributed by atoms with van der Waals surface area (Å²) in [6.45, 7) is 7.32. The van der Waals surface area contributed by atoms with Gasteiger partial charge < -0.3 is 19.7 Å². The Kier molecular flexibility index (Phi) is 6.85. The smallest absolute Gasteiger partial charge is 0.352 e. The number of aryl methyl sites for hydroxylation is 1. The molecule has 148 valence electrons. The number of nitrogens with one attached hydrogen (secondary N) is 1. The van der Waals surface area contributed by atoms with Crippen molar-refractivity contribution in [1.82, 2.24) is 9.88 Å². The first-order valence-electron chi connectivity index (χ1n) is 9.79. The van der Waals surface area contributed by atoms with Crippen LogP contribution in [0.4, 0.5) is 0 Å². The van der Waals surface area contributed by atoms with Gasteiger partial charge in [0.1, 0.15) is 5.69 Å². The molecule has 28 heavy (non-hydrogen) atoms. The van der Waals surface area contributed by atoms with Crippen LogP contribution >= 0.6 is 0 Å². The van der Waals surface area contributed by atoms with Crippen LogP contribution in [0.2, 0.25) is 0 Å². The molecule has 5 heteroatoms. The minimum Gasteiger partial charge on any atom is -0.477 e. The summed E-state index contributed by atoms with van der Waals surface area (Å²) < 4.78 is 7.29. The number of para-hydroxylation sites is 1. The fourth-order valence-electron chi connectivity index (χ4n) is 3.58. The molecule has 0 aliphatic rings. The zero-order valence-corrected chi connectivity index (χ0v) is 16.6. The Hall–Kier alpha value is -2.63. The third-order valence-corrected chi connectivity index (χ3v) is 5.02. The van der Waals surface area contributed by atoms with Crippen molar-refractivity contribution in [2.24, 2.45) is 0 Å². The van der Waals surface area contributed by atoms with Crippen molar-refractivity contribution in [1.29, 1.82) is 0 Å². The summed E-state index contributed by atoms with van der Waals surface area (Å²) in [6.07, 6.45) is 0.901. The average Bonchev–Trinajstić information content (AvgIpc) is 3.00. The van der Waals surface area contributed by atoms with Gasteiger partial charge >= 0.3 is 5.97 Å². The summed E-state index contributed by atoms with van der Waals surface area (Å²) in [5.74, 6) is -0.893. The van der Waals surface area contributed by atoms with Crippen molar-refractivity contribution >= 4 is 16.9 Å². The molecule has 5 nitrogen and oxygen atoms in total. The van der Waals surface area contributed by atoms with Crippen LogP contribution in [0.1, 0.15) is 40.5 Å². The molecule has 0 saturated heterocycles. The Morgan fingerprint density at radius 3 is 2.64 bits per heavy atom. The number of hydrogen-bond donors (Lipinski definition) is 2. The highest BCUT2D eigenvalue weighted by molar-refractivity contribution is 5.98. The third kappa shape index (κ3) is 4.43. The van der Waals surface area contributed by atoms with Crippen LogP contribution in [-0.4, -0.2) is 35.4 Å². The lowest BCUT2D eigenvalue weighted by Crippen LogP contribution is -2.19. The van der Waals surface area contributed by atoms with Crippen LogP contribution in [0, 0.1) is 6.92 Å². The van der Waals surface area contributed by atoms with E-state index < -0.39 is 5.97 Å². The topological polar surface area (TPSA) is 63.5 Å². The lowest BCUT2D eigenvalue weighted by atomic mass is 10.1. The Morgan fingerprint density at radius 1 is 1.14 bits per heavy atom. The number of hydrogen-bond acceptors (Lipinski definition) is 3. The first kappa shape index (κ1) is 20.1. The largest absolute Gasteiger partial charge is 0.477 e. The van der Waals surface area contributed by atoms with Gasteiger partial charge in [-0.2, -0.15) is 0 Å². The molecule has 0 unspecified atom stereocenters. The van der Waals surface area contributed by atoms with Crippen LogP contribution in [0.5, 0.6) is 0 Å². The van der Waals surface area contributed by atoms with Crippen molar-refractivity contribution < 1.29 is 14.6 Å². The number of nitrogens with zero attached hydrogens (tertiary/aromatic N) is 1. The van der Waals surface area contributed by atoms with Crippen LogP contribution < -0.4 is 5.32 Å².